The number of halogens is 1. The normalized spacial score (nSPS) is 9.94. The van der Waals surface area contributed by atoms with E-state index in [2.05, 4.69) is 9.97 Å². The number of carbonyl (C=O) groups is 2. The molecule has 1 rings (SSSR count). The SMILES string of the molecule is NC(=O)CN(CC(N)=O)c1ncnc(Cl)c1N. The third-order valence-corrected chi connectivity index (χ3v) is 2.11. The number of hydrogen-bond acceptors (Lipinski definition) is 6. The minimum Gasteiger partial charge on any atom is -0.393 e. The second-order valence-electron chi connectivity index (χ2n) is 3.19. The van der Waals surface area contributed by atoms with E-state index < -0.39 is 11.8 Å². The number of amides is 2. The van der Waals surface area contributed by atoms with Crippen molar-refractivity contribution >= 4 is 34.9 Å². The summed E-state index contributed by atoms with van der Waals surface area (Å²) in [6.07, 6.45) is 1.16. The lowest BCUT2D eigenvalue weighted by molar-refractivity contribution is -0.117. The van der Waals surface area contributed by atoms with Crippen molar-refractivity contribution in [2.75, 3.05) is 23.7 Å². The zero-order valence-electron chi connectivity index (χ0n) is 8.76. The van der Waals surface area contributed by atoms with Crippen LogP contribution in [0.25, 0.3) is 0 Å². The third-order valence-electron chi connectivity index (χ3n) is 1.81. The summed E-state index contributed by atoms with van der Waals surface area (Å²) in [5.74, 6) is -1.16. The Morgan fingerprint density at radius 2 is 1.76 bits per heavy atom. The van der Waals surface area contributed by atoms with E-state index in [1.165, 1.54) is 4.90 Å². The number of rotatable bonds is 5. The van der Waals surface area contributed by atoms with Gasteiger partial charge in [-0.15, -0.1) is 0 Å². The van der Waals surface area contributed by atoms with Gasteiger partial charge in [0, 0.05) is 0 Å². The van der Waals surface area contributed by atoms with Crippen LogP contribution >= 0.6 is 11.6 Å². The van der Waals surface area contributed by atoms with E-state index in [0.29, 0.717) is 0 Å². The molecule has 2 amide bonds. The standard InChI is InChI=1S/C8H11ClN6O2/c9-7-6(12)8(14-3-13-7)15(1-4(10)16)2-5(11)17/h3H,1-2,12H2,(H2,10,16)(H2,11,17). The molecule has 9 heteroatoms. The van der Waals surface area contributed by atoms with E-state index in [1.807, 2.05) is 0 Å². The average Bonchev–Trinajstić information content (AvgIpc) is 2.19. The number of hydrogen-bond donors (Lipinski definition) is 3. The fourth-order valence-electron chi connectivity index (χ4n) is 1.20. The van der Waals surface area contributed by atoms with Gasteiger partial charge in [0.05, 0.1) is 13.1 Å². The smallest absolute Gasteiger partial charge is 0.237 e. The summed E-state index contributed by atoms with van der Waals surface area (Å²) in [4.78, 5) is 30.5. The second kappa shape index (κ2) is 5.30. The van der Waals surface area contributed by atoms with E-state index in [9.17, 15) is 9.59 Å². The highest BCUT2D eigenvalue weighted by Crippen LogP contribution is 2.25. The molecule has 1 aromatic rings. The monoisotopic (exact) mass is 258 g/mol. The van der Waals surface area contributed by atoms with Crippen molar-refractivity contribution in [2.45, 2.75) is 0 Å². The van der Waals surface area contributed by atoms with Crippen LogP contribution in [0.4, 0.5) is 11.5 Å². The fourth-order valence-corrected chi connectivity index (χ4v) is 1.33. The first-order chi connectivity index (χ1) is 7.91. The van der Waals surface area contributed by atoms with Gasteiger partial charge in [0.1, 0.15) is 12.0 Å². The lowest BCUT2D eigenvalue weighted by Crippen LogP contribution is -2.40. The molecule has 0 spiro atoms. The lowest BCUT2D eigenvalue weighted by Gasteiger charge is -2.21. The lowest BCUT2D eigenvalue weighted by atomic mass is 10.3. The Hall–Kier alpha value is -2.09. The summed E-state index contributed by atoms with van der Waals surface area (Å²) >= 11 is 5.70. The summed E-state index contributed by atoms with van der Waals surface area (Å²) in [5.41, 5.74) is 15.8. The van der Waals surface area contributed by atoms with E-state index >= 15 is 0 Å². The number of nitrogens with zero attached hydrogens (tertiary/aromatic N) is 3. The fraction of sp³-hybridized carbons (Fsp3) is 0.250. The maximum Gasteiger partial charge on any atom is 0.237 e. The Morgan fingerprint density at radius 3 is 2.24 bits per heavy atom. The van der Waals surface area contributed by atoms with Crippen LogP contribution in [0.3, 0.4) is 0 Å². The topological polar surface area (TPSA) is 141 Å². The van der Waals surface area contributed by atoms with Crippen molar-refractivity contribution in [3.63, 3.8) is 0 Å². The molecule has 0 fully saturated rings. The van der Waals surface area contributed by atoms with Crippen LogP contribution in [0, 0.1) is 0 Å². The van der Waals surface area contributed by atoms with Crippen molar-refractivity contribution in [2.24, 2.45) is 11.5 Å². The average molecular weight is 259 g/mol. The number of carbonyl (C=O) groups excluding carboxylic acids is 2. The van der Waals surface area contributed by atoms with Crippen molar-refractivity contribution in [3.8, 4) is 0 Å². The Morgan fingerprint density at radius 1 is 1.24 bits per heavy atom. The zero-order valence-corrected chi connectivity index (χ0v) is 9.52. The Labute approximate surface area is 102 Å². The zero-order chi connectivity index (χ0) is 13.0. The Bertz CT molecular complexity index is 436. The van der Waals surface area contributed by atoms with Crippen LogP contribution in [0.1, 0.15) is 0 Å². The van der Waals surface area contributed by atoms with Crippen molar-refractivity contribution < 1.29 is 9.59 Å². The predicted molar refractivity (Wildman–Crippen MR) is 62.1 cm³/mol. The van der Waals surface area contributed by atoms with E-state index in [1.54, 1.807) is 0 Å². The molecule has 0 aliphatic carbocycles. The Kier molecular flexibility index (Phi) is 4.05. The van der Waals surface area contributed by atoms with Crippen LogP contribution in [0.15, 0.2) is 6.33 Å². The molecule has 0 aliphatic rings. The van der Waals surface area contributed by atoms with Gasteiger partial charge in [-0.2, -0.15) is 0 Å². The van der Waals surface area contributed by atoms with Crippen LogP contribution in [-0.4, -0.2) is 34.9 Å². The first-order valence-electron chi connectivity index (χ1n) is 4.49. The molecule has 0 bridgehead atoms. The molecule has 0 atom stereocenters. The molecule has 8 nitrogen and oxygen atoms in total. The predicted octanol–water partition coefficient (Wildman–Crippen LogP) is -1.51. The largest absolute Gasteiger partial charge is 0.393 e. The van der Waals surface area contributed by atoms with Gasteiger partial charge >= 0.3 is 0 Å². The molecular formula is C8H11ClN6O2. The van der Waals surface area contributed by atoms with Crippen LogP contribution in [0.5, 0.6) is 0 Å². The molecule has 1 heterocycles. The van der Waals surface area contributed by atoms with Gasteiger partial charge in [-0.3, -0.25) is 9.59 Å². The number of nitrogens with two attached hydrogens (primary N) is 3. The molecule has 0 radical (unpaired) electrons. The summed E-state index contributed by atoms with van der Waals surface area (Å²) in [6, 6.07) is 0. The molecule has 0 unspecified atom stereocenters. The molecule has 17 heavy (non-hydrogen) atoms. The van der Waals surface area contributed by atoms with Gasteiger partial charge in [-0.1, -0.05) is 11.6 Å². The van der Waals surface area contributed by atoms with Crippen LogP contribution < -0.4 is 22.1 Å². The molecule has 0 aliphatic heterocycles. The van der Waals surface area contributed by atoms with Crippen LogP contribution in [-0.2, 0) is 9.59 Å². The molecule has 0 saturated carbocycles. The minimum absolute atomic E-state index is 0.0222. The maximum atomic E-state index is 10.9. The summed E-state index contributed by atoms with van der Waals surface area (Å²) in [7, 11) is 0. The Balaban J connectivity index is 3.07. The highest BCUT2D eigenvalue weighted by molar-refractivity contribution is 6.32. The summed E-state index contributed by atoms with van der Waals surface area (Å²) < 4.78 is 0. The molecular weight excluding hydrogens is 248 g/mol. The first-order valence-corrected chi connectivity index (χ1v) is 4.87. The highest BCUT2D eigenvalue weighted by atomic mass is 35.5. The van der Waals surface area contributed by atoms with Crippen molar-refractivity contribution in [1.29, 1.82) is 0 Å². The highest BCUT2D eigenvalue weighted by Gasteiger charge is 2.17. The number of nitrogen functional groups attached to an aromatic ring is 1. The van der Waals surface area contributed by atoms with E-state index in [-0.39, 0.29) is 29.7 Å². The number of primary amides is 2. The van der Waals surface area contributed by atoms with Gasteiger partial charge in [0.25, 0.3) is 0 Å². The van der Waals surface area contributed by atoms with Crippen molar-refractivity contribution in [1.82, 2.24) is 9.97 Å². The van der Waals surface area contributed by atoms with E-state index in [4.69, 9.17) is 28.8 Å². The molecule has 92 valence electrons. The summed E-state index contributed by atoms with van der Waals surface area (Å²) in [5, 5.41) is 0.0222. The van der Waals surface area contributed by atoms with Gasteiger partial charge in [-0.25, -0.2) is 9.97 Å². The third kappa shape index (κ3) is 3.45. The molecule has 1 aromatic heterocycles. The van der Waals surface area contributed by atoms with E-state index in [0.717, 1.165) is 6.33 Å². The van der Waals surface area contributed by atoms with Crippen molar-refractivity contribution in [3.05, 3.63) is 11.5 Å². The molecule has 0 aromatic carbocycles. The number of anilines is 2. The quantitative estimate of drug-likeness (QED) is 0.548. The molecule has 0 saturated heterocycles. The number of aromatic nitrogens is 2. The maximum absolute atomic E-state index is 10.9. The summed E-state index contributed by atoms with van der Waals surface area (Å²) in [6.45, 7) is -0.499. The molecule has 6 N–H and O–H groups in total. The van der Waals surface area contributed by atoms with Crippen LogP contribution in [0.2, 0.25) is 5.15 Å². The van der Waals surface area contributed by atoms with Gasteiger partial charge in [0.2, 0.25) is 11.8 Å². The minimum atomic E-state index is -0.652. The first kappa shape index (κ1) is 13.0. The van der Waals surface area contributed by atoms with Gasteiger partial charge < -0.3 is 22.1 Å². The van der Waals surface area contributed by atoms with Gasteiger partial charge in [0.15, 0.2) is 11.0 Å². The second-order valence-corrected chi connectivity index (χ2v) is 3.55. The van der Waals surface area contributed by atoms with Gasteiger partial charge in [-0.05, 0) is 0 Å².